The highest BCUT2D eigenvalue weighted by atomic mass is 19.2. The maximum atomic E-state index is 13.4. The quantitative estimate of drug-likeness (QED) is 0.708. The number of benzene rings is 1. The van der Waals surface area contributed by atoms with Gasteiger partial charge in [0.1, 0.15) is 0 Å². The number of ketones is 1. The largest absolute Gasteiger partial charge is 0.308 e. The number of hydrogen-bond acceptors (Lipinski definition) is 3. The number of halogens is 2. The number of carbonyl (C=O) groups is 1. The Bertz CT molecular complexity index is 435. The number of hydrogen-bond donors (Lipinski definition) is 0. The molecule has 5 heteroatoms. The van der Waals surface area contributed by atoms with Crippen LogP contribution in [0.15, 0.2) is 18.2 Å². The standard InChI is InChI=1S/C14H20F2N2O/c1-17(2)9-10-18(3)8-7-13(19)11-5-4-6-12(15)14(11)16/h4-6H,7-10H2,1-3H3. The molecule has 0 saturated heterocycles. The average molecular weight is 270 g/mol. The Hall–Kier alpha value is -1.33. The normalized spacial score (nSPS) is 11.3. The molecular weight excluding hydrogens is 250 g/mol. The Morgan fingerprint density at radius 2 is 1.79 bits per heavy atom. The third-order valence-electron chi connectivity index (χ3n) is 2.90. The number of carbonyl (C=O) groups excluding carboxylic acids is 1. The van der Waals surface area contributed by atoms with Crippen molar-refractivity contribution in [3.8, 4) is 0 Å². The van der Waals surface area contributed by atoms with Crippen molar-refractivity contribution in [1.29, 1.82) is 0 Å². The molecule has 0 aliphatic carbocycles. The summed E-state index contributed by atoms with van der Waals surface area (Å²) >= 11 is 0. The minimum absolute atomic E-state index is 0.166. The summed E-state index contributed by atoms with van der Waals surface area (Å²) in [6.45, 7) is 2.24. The fraction of sp³-hybridized carbons (Fsp3) is 0.500. The Balaban J connectivity index is 2.49. The first-order chi connectivity index (χ1) is 8.91. The first-order valence-electron chi connectivity index (χ1n) is 6.22. The Kier molecular flexibility index (Phi) is 6.05. The molecule has 0 aliphatic heterocycles. The highest BCUT2D eigenvalue weighted by Gasteiger charge is 2.15. The van der Waals surface area contributed by atoms with E-state index in [-0.39, 0.29) is 17.8 Å². The van der Waals surface area contributed by atoms with E-state index in [1.165, 1.54) is 12.1 Å². The van der Waals surface area contributed by atoms with Gasteiger partial charge in [-0.25, -0.2) is 8.78 Å². The second kappa shape index (κ2) is 7.31. The molecule has 0 radical (unpaired) electrons. The van der Waals surface area contributed by atoms with E-state index in [9.17, 15) is 13.6 Å². The van der Waals surface area contributed by atoms with Crippen LogP contribution in [0.25, 0.3) is 0 Å². The summed E-state index contributed by atoms with van der Waals surface area (Å²) < 4.78 is 26.4. The molecule has 0 fully saturated rings. The molecule has 106 valence electrons. The van der Waals surface area contributed by atoms with Crippen LogP contribution < -0.4 is 0 Å². The molecule has 3 nitrogen and oxygen atoms in total. The summed E-state index contributed by atoms with van der Waals surface area (Å²) in [5.74, 6) is -2.40. The van der Waals surface area contributed by atoms with Gasteiger partial charge in [-0.2, -0.15) is 0 Å². The lowest BCUT2D eigenvalue weighted by Gasteiger charge is -2.18. The summed E-state index contributed by atoms with van der Waals surface area (Å²) in [5.41, 5.74) is -0.166. The van der Waals surface area contributed by atoms with Gasteiger partial charge in [0.05, 0.1) is 5.56 Å². The smallest absolute Gasteiger partial charge is 0.169 e. The zero-order valence-corrected chi connectivity index (χ0v) is 11.6. The van der Waals surface area contributed by atoms with Crippen molar-refractivity contribution in [2.75, 3.05) is 40.8 Å². The molecular formula is C14H20F2N2O. The van der Waals surface area contributed by atoms with Gasteiger partial charge in [-0.3, -0.25) is 4.79 Å². The van der Waals surface area contributed by atoms with Crippen LogP contribution in [0.5, 0.6) is 0 Å². The monoisotopic (exact) mass is 270 g/mol. The topological polar surface area (TPSA) is 23.6 Å². The SMILES string of the molecule is CN(C)CCN(C)CCC(=O)c1cccc(F)c1F. The molecule has 1 aromatic carbocycles. The maximum Gasteiger partial charge on any atom is 0.169 e. The highest BCUT2D eigenvalue weighted by Crippen LogP contribution is 2.13. The van der Waals surface area contributed by atoms with Crippen molar-refractivity contribution in [2.24, 2.45) is 0 Å². The zero-order valence-electron chi connectivity index (χ0n) is 11.6. The number of Topliss-reactive ketones (excluding diaryl/α,β-unsaturated/α-hetero) is 1. The third kappa shape index (κ3) is 5.04. The van der Waals surface area contributed by atoms with E-state index in [2.05, 4.69) is 0 Å². The number of rotatable bonds is 7. The second-order valence-corrected chi connectivity index (χ2v) is 4.88. The van der Waals surface area contributed by atoms with E-state index in [4.69, 9.17) is 0 Å². The molecule has 1 rings (SSSR count). The fourth-order valence-electron chi connectivity index (χ4n) is 1.63. The molecule has 0 saturated carbocycles. The summed E-state index contributed by atoms with van der Waals surface area (Å²) in [7, 11) is 5.85. The fourth-order valence-corrected chi connectivity index (χ4v) is 1.63. The van der Waals surface area contributed by atoms with Gasteiger partial charge in [-0.15, -0.1) is 0 Å². The van der Waals surface area contributed by atoms with Gasteiger partial charge >= 0.3 is 0 Å². The predicted molar refractivity (Wildman–Crippen MR) is 71.4 cm³/mol. The summed E-state index contributed by atoms with van der Waals surface area (Å²) in [6, 6.07) is 3.68. The molecule has 0 aliphatic rings. The lowest BCUT2D eigenvalue weighted by molar-refractivity contribution is 0.0963. The maximum absolute atomic E-state index is 13.4. The first-order valence-corrected chi connectivity index (χ1v) is 6.22. The van der Waals surface area contributed by atoms with Crippen LogP contribution in [0.4, 0.5) is 8.78 Å². The van der Waals surface area contributed by atoms with E-state index in [0.717, 1.165) is 19.2 Å². The molecule has 19 heavy (non-hydrogen) atoms. The number of nitrogens with zero attached hydrogens (tertiary/aromatic N) is 2. The molecule has 0 aromatic heterocycles. The van der Waals surface area contributed by atoms with E-state index < -0.39 is 11.6 Å². The van der Waals surface area contributed by atoms with Crippen molar-refractivity contribution >= 4 is 5.78 Å². The molecule has 0 N–H and O–H groups in total. The van der Waals surface area contributed by atoms with Gasteiger partial charge in [0, 0.05) is 26.1 Å². The minimum Gasteiger partial charge on any atom is -0.308 e. The van der Waals surface area contributed by atoms with Crippen molar-refractivity contribution in [3.63, 3.8) is 0 Å². The van der Waals surface area contributed by atoms with Crippen molar-refractivity contribution in [3.05, 3.63) is 35.4 Å². The zero-order chi connectivity index (χ0) is 14.4. The molecule has 0 amide bonds. The van der Waals surface area contributed by atoms with E-state index in [0.29, 0.717) is 6.54 Å². The van der Waals surface area contributed by atoms with Gasteiger partial charge in [0.2, 0.25) is 0 Å². The lowest BCUT2D eigenvalue weighted by atomic mass is 10.1. The van der Waals surface area contributed by atoms with Gasteiger partial charge < -0.3 is 9.80 Å². The van der Waals surface area contributed by atoms with Crippen LogP contribution in [-0.4, -0.2) is 56.4 Å². The first kappa shape index (κ1) is 15.7. The average Bonchev–Trinajstić information content (AvgIpc) is 2.36. The van der Waals surface area contributed by atoms with Crippen LogP contribution in [0.2, 0.25) is 0 Å². The van der Waals surface area contributed by atoms with Crippen molar-refractivity contribution in [1.82, 2.24) is 9.80 Å². The van der Waals surface area contributed by atoms with Crippen molar-refractivity contribution in [2.45, 2.75) is 6.42 Å². The molecule has 0 atom stereocenters. The molecule has 0 unspecified atom stereocenters. The summed E-state index contributed by atoms with van der Waals surface area (Å²) in [4.78, 5) is 15.9. The Labute approximate surface area is 112 Å². The van der Waals surface area contributed by atoms with Crippen LogP contribution >= 0.6 is 0 Å². The van der Waals surface area contributed by atoms with Gasteiger partial charge in [0.15, 0.2) is 17.4 Å². The molecule has 0 bridgehead atoms. The predicted octanol–water partition coefficient (Wildman–Crippen LogP) is 2.03. The lowest BCUT2D eigenvalue weighted by Crippen LogP contribution is -2.30. The van der Waals surface area contributed by atoms with Crippen LogP contribution in [-0.2, 0) is 0 Å². The van der Waals surface area contributed by atoms with Gasteiger partial charge in [-0.1, -0.05) is 6.07 Å². The van der Waals surface area contributed by atoms with E-state index in [1.807, 2.05) is 30.9 Å². The third-order valence-corrected chi connectivity index (χ3v) is 2.90. The molecule has 0 heterocycles. The van der Waals surface area contributed by atoms with E-state index in [1.54, 1.807) is 0 Å². The molecule has 0 spiro atoms. The van der Waals surface area contributed by atoms with Gasteiger partial charge in [0.25, 0.3) is 0 Å². The Morgan fingerprint density at radius 1 is 1.11 bits per heavy atom. The summed E-state index contributed by atoms with van der Waals surface area (Å²) in [5, 5.41) is 0. The minimum atomic E-state index is -1.05. The van der Waals surface area contributed by atoms with Crippen LogP contribution in [0.1, 0.15) is 16.8 Å². The Morgan fingerprint density at radius 3 is 2.42 bits per heavy atom. The summed E-state index contributed by atoms with van der Waals surface area (Å²) in [6.07, 6.45) is 0.185. The van der Waals surface area contributed by atoms with E-state index >= 15 is 0 Å². The van der Waals surface area contributed by atoms with Crippen LogP contribution in [0, 0.1) is 11.6 Å². The van der Waals surface area contributed by atoms with Gasteiger partial charge in [-0.05, 0) is 33.3 Å². The molecule has 1 aromatic rings. The van der Waals surface area contributed by atoms with Crippen molar-refractivity contribution < 1.29 is 13.6 Å². The second-order valence-electron chi connectivity index (χ2n) is 4.88. The highest BCUT2D eigenvalue weighted by molar-refractivity contribution is 5.96. The van der Waals surface area contributed by atoms with Crippen LogP contribution in [0.3, 0.4) is 0 Å². The number of likely N-dealkylation sites (N-methyl/N-ethyl adjacent to an activating group) is 2.